The highest BCUT2D eigenvalue weighted by atomic mass is 16.5. The Hall–Kier alpha value is -3.25. The van der Waals surface area contributed by atoms with Crippen LogP contribution in [0.25, 0.3) is 0 Å². The van der Waals surface area contributed by atoms with Gasteiger partial charge in [-0.15, -0.1) is 0 Å². The molecular weight excluding hydrogens is 366 g/mol. The van der Waals surface area contributed by atoms with Crippen molar-refractivity contribution in [3.8, 4) is 5.88 Å². The number of nitrogens with zero attached hydrogens (tertiary/aromatic N) is 3. The predicted octanol–water partition coefficient (Wildman–Crippen LogP) is 3.07. The van der Waals surface area contributed by atoms with Crippen LogP contribution in [0.15, 0.2) is 79.3 Å². The molecule has 1 aromatic carbocycles. The first-order valence-corrected chi connectivity index (χ1v) is 9.70. The zero-order valence-corrected chi connectivity index (χ0v) is 16.1. The van der Waals surface area contributed by atoms with Crippen molar-refractivity contribution in [2.24, 2.45) is 0 Å². The Balaban J connectivity index is 1.55. The number of pyridine rings is 2. The predicted molar refractivity (Wildman–Crippen MR) is 108 cm³/mol. The van der Waals surface area contributed by atoms with Crippen molar-refractivity contribution in [1.29, 1.82) is 0 Å². The van der Waals surface area contributed by atoms with Crippen molar-refractivity contribution < 1.29 is 14.3 Å². The van der Waals surface area contributed by atoms with Gasteiger partial charge in [0.15, 0.2) is 0 Å². The molecule has 148 valence electrons. The molecule has 0 radical (unpaired) electrons. The molecule has 0 aliphatic carbocycles. The summed E-state index contributed by atoms with van der Waals surface area (Å²) in [6.07, 6.45) is 5.16. The summed E-state index contributed by atoms with van der Waals surface area (Å²) in [4.78, 5) is 23.4. The van der Waals surface area contributed by atoms with E-state index in [0.717, 1.165) is 11.1 Å². The van der Waals surface area contributed by atoms with E-state index in [0.29, 0.717) is 32.1 Å². The van der Waals surface area contributed by atoms with E-state index < -0.39 is 0 Å². The van der Waals surface area contributed by atoms with E-state index in [1.807, 2.05) is 65.6 Å². The minimum absolute atomic E-state index is 0.0537. The van der Waals surface area contributed by atoms with Crippen LogP contribution in [0, 0.1) is 0 Å². The number of aromatic nitrogens is 2. The maximum atomic E-state index is 13.2. The molecular formula is C23H23N3O3. The van der Waals surface area contributed by atoms with Gasteiger partial charge in [-0.25, -0.2) is 4.98 Å². The van der Waals surface area contributed by atoms with Crippen LogP contribution in [-0.4, -0.2) is 46.6 Å². The SMILES string of the molecule is O=C(Cc1cccnc1)N1CCO[C@@H](COc2ccccn2)[C@@H]1c1ccccc1. The molecule has 0 spiro atoms. The smallest absolute Gasteiger partial charge is 0.227 e. The molecule has 1 aliphatic heterocycles. The molecule has 1 saturated heterocycles. The van der Waals surface area contributed by atoms with Gasteiger partial charge in [-0.05, 0) is 23.3 Å². The lowest BCUT2D eigenvalue weighted by atomic mass is 9.97. The largest absolute Gasteiger partial charge is 0.475 e. The highest BCUT2D eigenvalue weighted by Gasteiger charge is 2.36. The van der Waals surface area contributed by atoms with E-state index in [1.54, 1.807) is 18.6 Å². The van der Waals surface area contributed by atoms with E-state index >= 15 is 0 Å². The van der Waals surface area contributed by atoms with E-state index in [1.165, 1.54) is 0 Å². The number of benzene rings is 1. The number of hydrogen-bond donors (Lipinski definition) is 0. The van der Waals surface area contributed by atoms with E-state index in [9.17, 15) is 4.79 Å². The van der Waals surface area contributed by atoms with Crippen LogP contribution in [0.3, 0.4) is 0 Å². The molecule has 2 aromatic heterocycles. The average molecular weight is 389 g/mol. The van der Waals surface area contributed by atoms with Crippen molar-refractivity contribution in [2.75, 3.05) is 19.8 Å². The first-order chi connectivity index (χ1) is 14.3. The second-order valence-corrected chi connectivity index (χ2v) is 6.87. The van der Waals surface area contributed by atoms with Crippen molar-refractivity contribution in [3.63, 3.8) is 0 Å². The van der Waals surface area contributed by atoms with E-state index in [2.05, 4.69) is 9.97 Å². The van der Waals surface area contributed by atoms with Gasteiger partial charge in [0.1, 0.15) is 12.7 Å². The lowest BCUT2D eigenvalue weighted by Gasteiger charge is -2.41. The van der Waals surface area contributed by atoms with Crippen LogP contribution in [-0.2, 0) is 16.0 Å². The Morgan fingerprint density at radius 3 is 2.69 bits per heavy atom. The van der Waals surface area contributed by atoms with Gasteiger partial charge in [0, 0.05) is 31.2 Å². The van der Waals surface area contributed by atoms with Crippen LogP contribution in [0.5, 0.6) is 5.88 Å². The molecule has 6 heteroatoms. The maximum Gasteiger partial charge on any atom is 0.227 e. The third-order valence-electron chi connectivity index (χ3n) is 4.92. The van der Waals surface area contributed by atoms with E-state index in [-0.39, 0.29) is 18.1 Å². The standard InChI is InChI=1S/C23H23N3O3/c27-22(15-18-7-6-11-24-16-18)26-13-14-28-20(17-29-21-10-4-5-12-25-21)23(26)19-8-2-1-3-9-19/h1-12,16,20,23H,13-15,17H2/t20-,23-/m0/s1. The molecule has 3 heterocycles. The van der Waals surface area contributed by atoms with Gasteiger partial charge in [0.05, 0.1) is 19.1 Å². The first kappa shape index (κ1) is 19.1. The second-order valence-electron chi connectivity index (χ2n) is 6.87. The number of rotatable bonds is 6. The molecule has 0 saturated carbocycles. The monoisotopic (exact) mass is 389 g/mol. The number of morpholine rings is 1. The van der Waals surface area contributed by atoms with Gasteiger partial charge in [-0.2, -0.15) is 0 Å². The maximum absolute atomic E-state index is 13.2. The van der Waals surface area contributed by atoms with Gasteiger partial charge in [0.25, 0.3) is 0 Å². The quantitative estimate of drug-likeness (QED) is 0.648. The van der Waals surface area contributed by atoms with Crippen molar-refractivity contribution in [3.05, 3.63) is 90.4 Å². The third kappa shape index (κ3) is 4.78. The van der Waals surface area contributed by atoms with Crippen LogP contribution in [0.4, 0.5) is 0 Å². The molecule has 0 unspecified atom stereocenters. The van der Waals surface area contributed by atoms with Crippen molar-refractivity contribution in [2.45, 2.75) is 18.6 Å². The molecule has 1 amide bonds. The van der Waals surface area contributed by atoms with E-state index in [4.69, 9.17) is 9.47 Å². The molecule has 1 aliphatic rings. The number of carbonyl (C=O) groups is 1. The second kappa shape index (κ2) is 9.30. The number of ether oxygens (including phenoxy) is 2. The summed E-state index contributed by atoms with van der Waals surface area (Å²) in [6, 6.07) is 19.0. The fourth-order valence-electron chi connectivity index (χ4n) is 3.58. The fraction of sp³-hybridized carbons (Fsp3) is 0.261. The Bertz CT molecular complexity index is 906. The molecule has 0 N–H and O–H groups in total. The zero-order valence-electron chi connectivity index (χ0n) is 16.1. The molecule has 3 aromatic rings. The number of hydrogen-bond acceptors (Lipinski definition) is 5. The third-order valence-corrected chi connectivity index (χ3v) is 4.92. The summed E-state index contributed by atoms with van der Waals surface area (Å²) in [6.45, 7) is 1.32. The van der Waals surface area contributed by atoms with Crippen molar-refractivity contribution in [1.82, 2.24) is 14.9 Å². The fourth-order valence-corrected chi connectivity index (χ4v) is 3.58. The average Bonchev–Trinajstić information content (AvgIpc) is 2.79. The lowest BCUT2D eigenvalue weighted by molar-refractivity contribution is -0.148. The lowest BCUT2D eigenvalue weighted by Crippen LogP contribution is -2.50. The zero-order chi connectivity index (χ0) is 19.9. The minimum atomic E-state index is -0.286. The highest BCUT2D eigenvalue weighted by molar-refractivity contribution is 5.79. The Kier molecular flexibility index (Phi) is 6.12. The summed E-state index contributed by atoms with van der Waals surface area (Å²) in [7, 11) is 0. The van der Waals surface area contributed by atoms with Gasteiger partial charge in [0.2, 0.25) is 11.8 Å². The summed E-state index contributed by atoms with van der Waals surface area (Å²) in [5, 5.41) is 0. The first-order valence-electron chi connectivity index (χ1n) is 9.70. The Morgan fingerprint density at radius 2 is 1.93 bits per heavy atom. The molecule has 0 bridgehead atoms. The minimum Gasteiger partial charge on any atom is -0.475 e. The van der Waals surface area contributed by atoms with Gasteiger partial charge < -0.3 is 14.4 Å². The summed E-state index contributed by atoms with van der Waals surface area (Å²) in [5.41, 5.74) is 1.93. The van der Waals surface area contributed by atoms with Gasteiger partial charge in [-0.3, -0.25) is 9.78 Å². The van der Waals surface area contributed by atoms with Crippen LogP contribution in [0.2, 0.25) is 0 Å². The van der Waals surface area contributed by atoms with Crippen LogP contribution in [0.1, 0.15) is 17.2 Å². The number of carbonyl (C=O) groups excluding carboxylic acids is 1. The summed E-state index contributed by atoms with van der Waals surface area (Å²) in [5.74, 6) is 0.597. The van der Waals surface area contributed by atoms with Crippen molar-refractivity contribution >= 4 is 5.91 Å². The molecule has 4 rings (SSSR count). The number of amides is 1. The van der Waals surface area contributed by atoms with Gasteiger partial charge >= 0.3 is 0 Å². The van der Waals surface area contributed by atoms with Crippen LogP contribution >= 0.6 is 0 Å². The van der Waals surface area contributed by atoms with Crippen LogP contribution < -0.4 is 4.74 Å². The topological polar surface area (TPSA) is 64.6 Å². The summed E-state index contributed by atoms with van der Waals surface area (Å²) >= 11 is 0. The normalized spacial score (nSPS) is 19.0. The molecule has 6 nitrogen and oxygen atoms in total. The summed E-state index contributed by atoms with van der Waals surface area (Å²) < 4.78 is 11.9. The Labute approximate surface area is 170 Å². The Morgan fingerprint density at radius 1 is 1.07 bits per heavy atom. The molecule has 1 fully saturated rings. The molecule has 29 heavy (non-hydrogen) atoms. The highest BCUT2D eigenvalue weighted by Crippen LogP contribution is 2.30. The van der Waals surface area contributed by atoms with Gasteiger partial charge in [-0.1, -0.05) is 42.5 Å². The molecule has 2 atom stereocenters.